The molecule has 7 nitrogen and oxygen atoms in total. The van der Waals surface area contributed by atoms with Gasteiger partial charge in [-0.2, -0.15) is 0 Å². The standard InChI is InChI=1S/C16H21N3O4/c1-10(12-7-17-8-12)15(21)19-13-5-3-11(4-6-13)16(22)18-9-14(20)23-2/h3-6,10,12,17H,7-9H2,1-2H3,(H,18,22)(H,19,21). The molecule has 1 aromatic rings. The zero-order chi connectivity index (χ0) is 16.8. The number of ether oxygens (including phenoxy) is 1. The summed E-state index contributed by atoms with van der Waals surface area (Å²) in [6, 6.07) is 6.52. The normalized spacial score (nSPS) is 15.2. The van der Waals surface area contributed by atoms with Crippen LogP contribution in [0.1, 0.15) is 17.3 Å². The number of amides is 2. The topological polar surface area (TPSA) is 96.5 Å². The van der Waals surface area contributed by atoms with Gasteiger partial charge in [0, 0.05) is 17.2 Å². The largest absolute Gasteiger partial charge is 0.468 e. The van der Waals surface area contributed by atoms with E-state index in [9.17, 15) is 14.4 Å². The maximum absolute atomic E-state index is 12.1. The fraction of sp³-hybridized carbons (Fsp3) is 0.438. The van der Waals surface area contributed by atoms with Gasteiger partial charge in [-0.25, -0.2) is 0 Å². The number of rotatable bonds is 6. The maximum atomic E-state index is 12.1. The summed E-state index contributed by atoms with van der Waals surface area (Å²) >= 11 is 0. The van der Waals surface area contributed by atoms with Crippen LogP contribution in [0.3, 0.4) is 0 Å². The molecule has 0 bridgehead atoms. The molecule has 2 rings (SSSR count). The molecule has 0 aromatic heterocycles. The van der Waals surface area contributed by atoms with Crippen LogP contribution in [0.2, 0.25) is 0 Å². The molecule has 1 aliphatic heterocycles. The molecular formula is C16H21N3O4. The van der Waals surface area contributed by atoms with E-state index in [4.69, 9.17) is 0 Å². The van der Waals surface area contributed by atoms with Crippen LogP contribution in [0.4, 0.5) is 5.69 Å². The summed E-state index contributed by atoms with van der Waals surface area (Å²) in [5.74, 6) is -0.596. The Morgan fingerprint density at radius 1 is 1.26 bits per heavy atom. The van der Waals surface area contributed by atoms with Crippen LogP contribution in [-0.2, 0) is 14.3 Å². The van der Waals surface area contributed by atoms with Crippen LogP contribution >= 0.6 is 0 Å². The van der Waals surface area contributed by atoms with Crippen molar-refractivity contribution in [2.75, 3.05) is 32.1 Å². The predicted molar refractivity (Wildman–Crippen MR) is 84.9 cm³/mol. The fourth-order valence-electron chi connectivity index (χ4n) is 2.17. The Morgan fingerprint density at radius 3 is 2.43 bits per heavy atom. The van der Waals surface area contributed by atoms with Crippen molar-refractivity contribution in [1.29, 1.82) is 0 Å². The van der Waals surface area contributed by atoms with Crippen molar-refractivity contribution in [1.82, 2.24) is 10.6 Å². The Hall–Kier alpha value is -2.41. The second-order valence-corrected chi connectivity index (χ2v) is 5.53. The fourth-order valence-corrected chi connectivity index (χ4v) is 2.17. The van der Waals surface area contributed by atoms with E-state index in [2.05, 4.69) is 20.7 Å². The summed E-state index contributed by atoms with van der Waals surface area (Å²) in [5, 5.41) is 8.44. The van der Waals surface area contributed by atoms with Gasteiger partial charge >= 0.3 is 5.97 Å². The van der Waals surface area contributed by atoms with Gasteiger partial charge in [-0.1, -0.05) is 6.92 Å². The van der Waals surface area contributed by atoms with Crippen molar-refractivity contribution in [3.05, 3.63) is 29.8 Å². The molecule has 7 heteroatoms. The molecule has 0 spiro atoms. The molecule has 0 saturated carbocycles. The highest BCUT2D eigenvalue weighted by atomic mass is 16.5. The Labute approximate surface area is 134 Å². The second kappa shape index (κ2) is 7.73. The first-order valence-corrected chi connectivity index (χ1v) is 7.48. The number of benzene rings is 1. The summed E-state index contributed by atoms with van der Waals surface area (Å²) in [5.41, 5.74) is 1.04. The van der Waals surface area contributed by atoms with Gasteiger partial charge in [0.25, 0.3) is 5.91 Å². The molecule has 0 radical (unpaired) electrons. The summed E-state index contributed by atoms with van der Waals surface area (Å²) < 4.78 is 4.45. The lowest BCUT2D eigenvalue weighted by Crippen LogP contribution is -2.48. The van der Waals surface area contributed by atoms with Gasteiger partial charge in [0.05, 0.1) is 7.11 Å². The summed E-state index contributed by atoms with van der Waals surface area (Å²) in [6.07, 6.45) is 0. The van der Waals surface area contributed by atoms with E-state index in [0.29, 0.717) is 17.2 Å². The minimum absolute atomic E-state index is 0.0283. The number of carbonyl (C=O) groups excluding carboxylic acids is 3. The van der Waals surface area contributed by atoms with Crippen LogP contribution in [0.25, 0.3) is 0 Å². The molecule has 1 aliphatic rings. The minimum atomic E-state index is -0.512. The zero-order valence-electron chi connectivity index (χ0n) is 13.2. The number of nitrogens with one attached hydrogen (secondary N) is 3. The molecule has 1 atom stereocenters. The minimum Gasteiger partial charge on any atom is -0.468 e. The van der Waals surface area contributed by atoms with Crippen molar-refractivity contribution >= 4 is 23.5 Å². The number of methoxy groups -OCH3 is 1. The Balaban J connectivity index is 1.87. The molecule has 1 fully saturated rings. The number of carbonyl (C=O) groups is 3. The Morgan fingerprint density at radius 2 is 1.91 bits per heavy atom. The predicted octanol–water partition coefficient (Wildman–Crippen LogP) is 0.383. The van der Waals surface area contributed by atoms with Gasteiger partial charge in [-0.15, -0.1) is 0 Å². The van der Waals surface area contributed by atoms with Gasteiger partial charge in [-0.05, 0) is 43.3 Å². The SMILES string of the molecule is COC(=O)CNC(=O)c1ccc(NC(=O)C(C)C2CNC2)cc1. The molecular weight excluding hydrogens is 298 g/mol. The van der Waals surface area contributed by atoms with E-state index in [1.54, 1.807) is 24.3 Å². The molecule has 1 aromatic carbocycles. The number of hydrogen-bond donors (Lipinski definition) is 3. The highest BCUT2D eigenvalue weighted by Crippen LogP contribution is 2.18. The average Bonchev–Trinajstić information content (AvgIpc) is 2.51. The van der Waals surface area contributed by atoms with Crippen molar-refractivity contribution in [2.24, 2.45) is 11.8 Å². The first-order chi connectivity index (χ1) is 11.0. The van der Waals surface area contributed by atoms with Crippen LogP contribution in [0.5, 0.6) is 0 Å². The molecule has 1 heterocycles. The zero-order valence-corrected chi connectivity index (χ0v) is 13.2. The van der Waals surface area contributed by atoms with Crippen molar-refractivity contribution in [2.45, 2.75) is 6.92 Å². The second-order valence-electron chi connectivity index (χ2n) is 5.53. The van der Waals surface area contributed by atoms with E-state index in [1.165, 1.54) is 7.11 Å². The van der Waals surface area contributed by atoms with Gasteiger partial charge in [-0.3, -0.25) is 14.4 Å². The molecule has 0 aliphatic carbocycles. The third-order valence-electron chi connectivity index (χ3n) is 3.97. The smallest absolute Gasteiger partial charge is 0.325 e. The van der Waals surface area contributed by atoms with Gasteiger partial charge in [0.1, 0.15) is 6.54 Å². The van der Waals surface area contributed by atoms with E-state index < -0.39 is 5.97 Å². The van der Waals surface area contributed by atoms with Gasteiger partial charge < -0.3 is 20.7 Å². The quantitative estimate of drug-likeness (QED) is 0.659. The molecule has 23 heavy (non-hydrogen) atoms. The average molecular weight is 319 g/mol. The summed E-state index contributed by atoms with van der Waals surface area (Å²) in [7, 11) is 1.26. The third-order valence-corrected chi connectivity index (χ3v) is 3.97. The van der Waals surface area contributed by atoms with Crippen molar-refractivity contribution < 1.29 is 19.1 Å². The van der Waals surface area contributed by atoms with Gasteiger partial charge in [0.15, 0.2) is 0 Å². The number of esters is 1. The molecule has 1 unspecified atom stereocenters. The van der Waals surface area contributed by atoms with Crippen molar-refractivity contribution in [3.63, 3.8) is 0 Å². The molecule has 3 N–H and O–H groups in total. The van der Waals surface area contributed by atoms with Crippen LogP contribution < -0.4 is 16.0 Å². The van der Waals surface area contributed by atoms with Gasteiger partial charge in [0.2, 0.25) is 5.91 Å². The van der Waals surface area contributed by atoms with Crippen LogP contribution in [0.15, 0.2) is 24.3 Å². The van der Waals surface area contributed by atoms with E-state index in [0.717, 1.165) is 13.1 Å². The van der Waals surface area contributed by atoms with Crippen LogP contribution in [-0.4, -0.2) is 44.5 Å². The lowest BCUT2D eigenvalue weighted by molar-refractivity contribution is -0.139. The third kappa shape index (κ3) is 4.53. The van der Waals surface area contributed by atoms with Crippen LogP contribution in [0, 0.1) is 11.8 Å². The summed E-state index contributed by atoms with van der Waals surface area (Å²) in [4.78, 5) is 34.9. The molecule has 1 saturated heterocycles. The first kappa shape index (κ1) is 17.0. The molecule has 124 valence electrons. The number of anilines is 1. The Bertz CT molecular complexity index is 581. The lowest BCUT2D eigenvalue weighted by Gasteiger charge is -2.31. The number of hydrogen-bond acceptors (Lipinski definition) is 5. The highest BCUT2D eigenvalue weighted by Gasteiger charge is 2.28. The maximum Gasteiger partial charge on any atom is 0.325 e. The lowest BCUT2D eigenvalue weighted by atomic mass is 9.88. The van der Waals surface area contributed by atoms with E-state index in [1.807, 2.05) is 6.92 Å². The van der Waals surface area contributed by atoms with E-state index in [-0.39, 0.29) is 24.3 Å². The summed E-state index contributed by atoms with van der Waals surface area (Å²) in [6.45, 7) is 3.47. The highest BCUT2D eigenvalue weighted by molar-refractivity contribution is 5.97. The van der Waals surface area contributed by atoms with Crippen molar-refractivity contribution in [3.8, 4) is 0 Å². The molecule has 2 amide bonds. The monoisotopic (exact) mass is 319 g/mol. The van der Waals surface area contributed by atoms with E-state index >= 15 is 0 Å². The first-order valence-electron chi connectivity index (χ1n) is 7.48. The Kier molecular flexibility index (Phi) is 5.70.